The van der Waals surface area contributed by atoms with Gasteiger partial charge in [0, 0.05) is 51.7 Å². The summed E-state index contributed by atoms with van der Waals surface area (Å²) in [7, 11) is 1.88. The minimum Gasteiger partial charge on any atom is -0.380 e. The first-order chi connectivity index (χ1) is 9.52. The lowest BCUT2D eigenvalue weighted by atomic mass is 9.89. The Labute approximate surface area is 146 Å². The summed E-state index contributed by atoms with van der Waals surface area (Å²) in [6, 6.07) is 0. The maximum absolute atomic E-state index is 5.30. The van der Waals surface area contributed by atoms with Crippen LogP contribution in [0.3, 0.4) is 0 Å². The van der Waals surface area contributed by atoms with Crippen LogP contribution in [-0.4, -0.2) is 75.3 Å². The lowest BCUT2D eigenvalue weighted by Crippen LogP contribution is -2.56. The van der Waals surface area contributed by atoms with E-state index in [0.717, 1.165) is 57.8 Å². The summed E-state index contributed by atoms with van der Waals surface area (Å²) in [5.41, 5.74) is 0.287. The molecule has 0 aromatic carbocycles. The molecule has 21 heavy (non-hydrogen) atoms. The first-order valence-corrected chi connectivity index (χ1v) is 7.78. The lowest BCUT2D eigenvalue weighted by molar-refractivity contribution is -0.0973. The summed E-state index contributed by atoms with van der Waals surface area (Å²) in [4.78, 5) is 9.36. The lowest BCUT2D eigenvalue weighted by Gasteiger charge is -2.41. The maximum Gasteiger partial charge on any atom is 0.193 e. The second-order valence-electron chi connectivity index (χ2n) is 6.89. The molecule has 0 radical (unpaired) electrons. The monoisotopic (exact) mass is 410 g/mol. The molecule has 0 aliphatic carbocycles. The summed E-state index contributed by atoms with van der Waals surface area (Å²) >= 11 is 0. The quantitative estimate of drug-likeness (QED) is 0.433. The van der Waals surface area contributed by atoms with Gasteiger partial charge in [0.2, 0.25) is 0 Å². The summed E-state index contributed by atoms with van der Waals surface area (Å²) < 4.78 is 5.30. The van der Waals surface area contributed by atoms with Crippen molar-refractivity contribution in [1.29, 1.82) is 0 Å². The average Bonchev–Trinajstić information content (AvgIpc) is 2.38. The van der Waals surface area contributed by atoms with Crippen LogP contribution in [0.2, 0.25) is 0 Å². The molecule has 0 saturated carbocycles. The fourth-order valence-electron chi connectivity index (χ4n) is 2.84. The van der Waals surface area contributed by atoms with E-state index in [1.54, 1.807) is 0 Å². The van der Waals surface area contributed by atoms with Gasteiger partial charge in [-0.25, -0.2) is 0 Å². The van der Waals surface area contributed by atoms with Crippen LogP contribution in [0.5, 0.6) is 0 Å². The van der Waals surface area contributed by atoms with E-state index in [-0.39, 0.29) is 29.4 Å². The van der Waals surface area contributed by atoms with Crippen LogP contribution in [0.4, 0.5) is 0 Å². The Morgan fingerprint density at radius 1 is 1.24 bits per heavy atom. The number of halogens is 1. The number of aliphatic imine (C=N–C) groups is 1. The highest BCUT2D eigenvalue weighted by Crippen LogP contribution is 2.25. The summed E-state index contributed by atoms with van der Waals surface area (Å²) in [5.74, 6) is 1.79. The number of ether oxygens (including phenoxy) is 1. The predicted octanol–water partition coefficient (Wildman–Crippen LogP) is 1.49. The van der Waals surface area contributed by atoms with E-state index in [2.05, 4.69) is 40.9 Å². The highest BCUT2D eigenvalue weighted by atomic mass is 127. The van der Waals surface area contributed by atoms with Gasteiger partial charge in [-0.05, 0) is 5.92 Å². The van der Waals surface area contributed by atoms with Crippen LogP contribution in [0, 0.1) is 11.3 Å². The van der Waals surface area contributed by atoms with Gasteiger partial charge in [0.05, 0.1) is 13.2 Å². The highest BCUT2D eigenvalue weighted by Gasteiger charge is 2.33. The Kier molecular flexibility index (Phi) is 7.70. The van der Waals surface area contributed by atoms with Crippen molar-refractivity contribution in [2.24, 2.45) is 16.3 Å². The van der Waals surface area contributed by atoms with Gasteiger partial charge in [-0.2, -0.15) is 0 Å². The van der Waals surface area contributed by atoms with E-state index in [1.165, 1.54) is 6.54 Å². The Hall–Kier alpha value is -0.0800. The van der Waals surface area contributed by atoms with Crippen molar-refractivity contribution in [1.82, 2.24) is 15.1 Å². The zero-order chi connectivity index (χ0) is 14.6. The van der Waals surface area contributed by atoms with E-state index >= 15 is 0 Å². The molecule has 0 aromatic rings. The number of nitrogens with zero attached hydrogens (tertiary/aromatic N) is 3. The molecule has 6 heteroatoms. The number of guanidine groups is 1. The van der Waals surface area contributed by atoms with Gasteiger partial charge in [-0.15, -0.1) is 24.0 Å². The molecule has 0 amide bonds. The number of hydrogen-bond acceptors (Lipinski definition) is 3. The molecule has 0 aromatic heterocycles. The molecular formula is C15H31IN4O. The smallest absolute Gasteiger partial charge is 0.193 e. The summed E-state index contributed by atoms with van der Waals surface area (Å²) in [6.45, 7) is 15.1. The van der Waals surface area contributed by atoms with Crippen LogP contribution in [0.25, 0.3) is 0 Å². The Bertz CT molecular complexity index is 337. The van der Waals surface area contributed by atoms with Gasteiger partial charge in [0.15, 0.2) is 5.96 Å². The Morgan fingerprint density at radius 3 is 2.29 bits per heavy atom. The average molecular weight is 410 g/mol. The van der Waals surface area contributed by atoms with Crippen molar-refractivity contribution < 1.29 is 4.74 Å². The van der Waals surface area contributed by atoms with E-state index in [1.807, 2.05) is 7.05 Å². The van der Waals surface area contributed by atoms with Gasteiger partial charge in [-0.3, -0.25) is 9.89 Å². The third-order valence-corrected chi connectivity index (χ3v) is 4.08. The van der Waals surface area contributed by atoms with Crippen molar-refractivity contribution in [3.63, 3.8) is 0 Å². The molecule has 0 bridgehead atoms. The molecule has 0 spiro atoms. The molecule has 2 rings (SSSR count). The predicted molar refractivity (Wildman–Crippen MR) is 98.6 cm³/mol. The highest BCUT2D eigenvalue weighted by molar-refractivity contribution is 14.0. The second-order valence-corrected chi connectivity index (χ2v) is 6.89. The standard InChI is InChI=1S/C15H30N4O.HI/c1-13(2)9-18-5-7-19(8-6-18)14(16-4)17-10-15(3)11-20-12-15;/h13H,5-12H2,1-4H3,(H,16,17);1H. The number of rotatable bonds is 4. The van der Waals surface area contributed by atoms with Crippen molar-refractivity contribution in [3.8, 4) is 0 Å². The van der Waals surface area contributed by atoms with E-state index in [4.69, 9.17) is 4.74 Å². The van der Waals surface area contributed by atoms with Crippen LogP contribution >= 0.6 is 24.0 Å². The molecule has 2 aliphatic rings. The van der Waals surface area contributed by atoms with Gasteiger partial charge in [-0.1, -0.05) is 20.8 Å². The van der Waals surface area contributed by atoms with Gasteiger partial charge in [0.25, 0.3) is 0 Å². The van der Waals surface area contributed by atoms with Crippen LogP contribution in [0.15, 0.2) is 4.99 Å². The van der Waals surface area contributed by atoms with Gasteiger partial charge >= 0.3 is 0 Å². The number of nitrogens with one attached hydrogen (secondary N) is 1. The molecule has 0 unspecified atom stereocenters. The maximum atomic E-state index is 5.30. The summed E-state index contributed by atoms with van der Waals surface area (Å²) in [6.07, 6.45) is 0. The van der Waals surface area contributed by atoms with Crippen LogP contribution in [0.1, 0.15) is 20.8 Å². The molecule has 2 heterocycles. The minimum absolute atomic E-state index is 0. The van der Waals surface area contributed by atoms with Crippen molar-refractivity contribution in [3.05, 3.63) is 0 Å². The Balaban J connectivity index is 0.00000220. The number of piperazine rings is 1. The molecule has 2 saturated heterocycles. The molecule has 2 aliphatic heterocycles. The molecule has 0 atom stereocenters. The molecular weight excluding hydrogens is 379 g/mol. The van der Waals surface area contributed by atoms with Crippen molar-refractivity contribution in [2.75, 3.05) is 59.5 Å². The minimum atomic E-state index is 0. The molecule has 1 N–H and O–H groups in total. The second kappa shape index (κ2) is 8.53. The third-order valence-electron chi connectivity index (χ3n) is 4.08. The largest absolute Gasteiger partial charge is 0.380 e. The van der Waals surface area contributed by atoms with Crippen LogP contribution in [-0.2, 0) is 4.74 Å². The first-order valence-electron chi connectivity index (χ1n) is 7.78. The first kappa shape index (κ1) is 19.0. The van der Waals surface area contributed by atoms with Gasteiger partial charge < -0.3 is 15.0 Å². The van der Waals surface area contributed by atoms with E-state index in [0.29, 0.717) is 0 Å². The van der Waals surface area contributed by atoms with Crippen molar-refractivity contribution in [2.45, 2.75) is 20.8 Å². The summed E-state index contributed by atoms with van der Waals surface area (Å²) in [5, 5.41) is 3.51. The Morgan fingerprint density at radius 2 is 1.86 bits per heavy atom. The SMILES string of the molecule is CN=C(NCC1(C)COC1)N1CCN(CC(C)C)CC1.I. The van der Waals surface area contributed by atoms with Crippen molar-refractivity contribution >= 4 is 29.9 Å². The normalized spacial score (nSPS) is 22.7. The number of hydrogen-bond donors (Lipinski definition) is 1. The van der Waals surface area contributed by atoms with E-state index in [9.17, 15) is 0 Å². The molecule has 2 fully saturated rings. The van der Waals surface area contributed by atoms with Gasteiger partial charge in [0.1, 0.15) is 0 Å². The zero-order valence-electron chi connectivity index (χ0n) is 13.9. The zero-order valence-corrected chi connectivity index (χ0v) is 16.2. The van der Waals surface area contributed by atoms with Crippen LogP contribution < -0.4 is 5.32 Å². The topological polar surface area (TPSA) is 40.1 Å². The van der Waals surface area contributed by atoms with E-state index < -0.39 is 0 Å². The molecule has 124 valence electrons. The molecule has 5 nitrogen and oxygen atoms in total. The fourth-order valence-corrected chi connectivity index (χ4v) is 2.84. The third kappa shape index (κ3) is 5.56. The fraction of sp³-hybridized carbons (Fsp3) is 0.933.